The third-order valence-electron chi connectivity index (χ3n) is 9.09. The van der Waals surface area contributed by atoms with Crippen molar-refractivity contribution in [1.82, 2.24) is 19.9 Å². The molecule has 4 saturated heterocycles. The number of benzene rings is 2. The molecular formula is C31H36N6O3. The predicted octanol–water partition coefficient (Wildman–Crippen LogP) is 4.36. The van der Waals surface area contributed by atoms with E-state index in [9.17, 15) is 9.59 Å². The van der Waals surface area contributed by atoms with Crippen molar-refractivity contribution in [1.29, 1.82) is 0 Å². The van der Waals surface area contributed by atoms with Crippen LogP contribution in [-0.4, -0.2) is 71.2 Å². The highest BCUT2D eigenvalue weighted by Gasteiger charge is 2.35. The zero-order valence-corrected chi connectivity index (χ0v) is 22.9. The molecule has 4 aliphatic heterocycles. The van der Waals surface area contributed by atoms with E-state index in [0.717, 1.165) is 78.9 Å². The third-order valence-corrected chi connectivity index (χ3v) is 9.09. The number of H-pyrrole nitrogens is 2. The van der Waals surface area contributed by atoms with Crippen LogP contribution in [-0.2, 0) is 9.53 Å². The summed E-state index contributed by atoms with van der Waals surface area (Å²) in [6, 6.07) is 14.5. The fourth-order valence-electron chi connectivity index (χ4n) is 6.88. The Morgan fingerprint density at radius 3 is 2.55 bits per heavy atom. The molecular weight excluding hydrogens is 504 g/mol. The van der Waals surface area contributed by atoms with E-state index in [1.165, 1.54) is 12.8 Å². The Bertz CT molecular complexity index is 1580. The van der Waals surface area contributed by atoms with E-state index in [0.29, 0.717) is 23.9 Å². The Balaban J connectivity index is 1.27. The molecule has 2 aromatic carbocycles. The molecule has 8 rings (SSSR count). The van der Waals surface area contributed by atoms with Crippen LogP contribution in [0.3, 0.4) is 0 Å². The lowest BCUT2D eigenvalue weighted by atomic mass is 9.83. The van der Waals surface area contributed by atoms with Crippen LogP contribution in [0.5, 0.6) is 0 Å². The van der Waals surface area contributed by atoms with E-state index in [4.69, 9.17) is 9.72 Å². The van der Waals surface area contributed by atoms with Gasteiger partial charge in [-0.1, -0.05) is 12.1 Å². The number of carbonyl (C=O) groups is 1. The lowest BCUT2D eigenvalue weighted by Crippen LogP contribution is -2.53. The van der Waals surface area contributed by atoms with E-state index >= 15 is 0 Å². The molecule has 9 nitrogen and oxygen atoms in total. The SMILES string of the molecule is CCOC(=O)C1CCN(c2ccc3c(N[C@H]4CN5CCC4CC5)c(-c4nc5ccccc5[nH]4)c(=O)[nH]c3c2)CC1. The summed E-state index contributed by atoms with van der Waals surface area (Å²) in [5.41, 5.74) is 4.86. The molecule has 6 heterocycles. The second kappa shape index (κ2) is 10.3. The van der Waals surface area contributed by atoms with Gasteiger partial charge in [0.05, 0.1) is 34.8 Å². The van der Waals surface area contributed by atoms with Crippen molar-refractivity contribution in [2.75, 3.05) is 49.5 Å². The van der Waals surface area contributed by atoms with Crippen LogP contribution in [0, 0.1) is 11.8 Å². The molecule has 2 bridgehead atoms. The number of aromatic nitrogens is 3. The number of nitrogens with one attached hydrogen (secondary N) is 3. The van der Waals surface area contributed by atoms with Gasteiger partial charge in [-0.25, -0.2) is 4.98 Å². The van der Waals surface area contributed by atoms with Crippen LogP contribution >= 0.6 is 0 Å². The molecule has 0 amide bonds. The van der Waals surface area contributed by atoms with Gasteiger partial charge in [0.2, 0.25) is 0 Å². The van der Waals surface area contributed by atoms with Crippen LogP contribution in [0.2, 0.25) is 0 Å². The molecule has 9 heteroatoms. The topological polar surface area (TPSA) is 106 Å². The van der Waals surface area contributed by atoms with E-state index in [1.807, 2.05) is 31.2 Å². The largest absolute Gasteiger partial charge is 0.466 e. The molecule has 0 unspecified atom stereocenters. The molecule has 0 saturated carbocycles. The summed E-state index contributed by atoms with van der Waals surface area (Å²) in [7, 11) is 0. The number of hydrogen-bond donors (Lipinski definition) is 3. The summed E-state index contributed by atoms with van der Waals surface area (Å²) in [6.45, 7) is 7.14. The van der Waals surface area contributed by atoms with Gasteiger partial charge in [0.25, 0.3) is 5.56 Å². The van der Waals surface area contributed by atoms with Crippen LogP contribution < -0.4 is 15.8 Å². The van der Waals surface area contributed by atoms with Gasteiger partial charge in [-0.3, -0.25) is 9.59 Å². The fraction of sp³-hybridized carbons (Fsp3) is 0.452. The number of piperidine rings is 4. The van der Waals surface area contributed by atoms with Crippen molar-refractivity contribution in [3.05, 3.63) is 52.8 Å². The molecule has 2 aromatic heterocycles. The molecule has 0 spiro atoms. The number of nitrogens with zero attached hydrogens (tertiary/aromatic N) is 3. The van der Waals surface area contributed by atoms with Crippen molar-refractivity contribution in [3.8, 4) is 11.4 Å². The first kappa shape index (κ1) is 25.1. The first-order valence-corrected chi connectivity index (χ1v) is 14.6. The van der Waals surface area contributed by atoms with E-state index in [-0.39, 0.29) is 23.5 Å². The first-order valence-electron chi connectivity index (χ1n) is 14.6. The highest BCUT2D eigenvalue weighted by molar-refractivity contribution is 6.00. The Kier molecular flexibility index (Phi) is 6.46. The smallest absolute Gasteiger partial charge is 0.309 e. The Morgan fingerprint density at radius 2 is 1.82 bits per heavy atom. The van der Waals surface area contributed by atoms with Gasteiger partial charge in [0, 0.05) is 36.7 Å². The predicted molar refractivity (Wildman–Crippen MR) is 158 cm³/mol. The van der Waals surface area contributed by atoms with Gasteiger partial charge in [0.15, 0.2) is 0 Å². The Morgan fingerprint density at radius 1 is 1.02 bits per heavy atom. The highest BCUT2D eigenvalue weighted by atomic mass is 16.5. The minimum absolute atomic E-state index is 0.0415. The summed E-state index contributed by atoms with van der Waals surface area (Å²) < 4.78 is 5.24. The highest BCUT2D eigenvalue weighted by Crippen LogP contribution is 2.37. The molecule has 40 heavy (non-hydrogen) atoms. The van der Waals surface area contributed by atoms with Crippen molar-refractivity contribution < 1.29 is 9.53 Å². The quantitative estimate of drug-likeness (QED) is 0.312. The molecule has 4 aliphatic rings. The monoisotopic (exact) mass is 540 g/mol. The number of esters is 1. The van der Waals surface area contributed by atoms with Crippen LogP contribution in [0.15, 0.2) is 47.3 Å². The van der Waals surface area contributed by atoms with Crippen molar-refractivity contribution in [2.24, 2.45) is 11.8 Å². The van der Waals surface area contributed by atoms with Gasteiger partial charge in [0.1, 0.15) is 11.4 Å². The normalized spacial score (nSPS) is 23.1. The number of carbonyl (C=O) groups excluding carboxylic acids is 1. The van der Waals surface area contributed by atoms with Crippen LogP contribution in [0.25, 0.3) is 33.3 Å². The maximum Gasteiger partial charge on any atom is 0.309 e. The summed E-state index contributed by atoms with van der Waals surface area (Å²) in [6.07, 6.45) is 3.91. The first-order chi connectivity index (χ1) is 19.6. The molecule has 1 atom stereocenters. The number of pyridine rings is 1. The van der Waals surface area contributed by atoms with E-state index in [1.54, 1.807) is 0 Å². The number of fused-ring (bicyclic) bond motifs is 5. The Hall–Kier alpha value is -3.85. The number of aromatic amines is 2. The number of anilines is 2. The molecule has 0 aliphatic carbocycles. The minimum atomic E-state index is -0.159. The molecule has 208 valence electrons. The average molecular weight is 541 g/mol. The standard InChI is InChI=1S/C31H36N6O3/c1-2-40-31(39)20-11-15-37(16-12-20)21-7-8-22-25(17-21)35-30(38)27(29-33-23-5-3-4-6-24(23)34-29)28(22)32-26-18-36-13-9-19(26)10-14-36/h3-8,17,19-20,26H,2,9-16,18H2,1H3,(H,33,34)(H2,32,35,38)/t26-/m0/s1. The van der Waals surface area contributed by atoms with E-state index < -0.39 is 0 Å². The summed E-state index contributed by atoms with van der Waals surface area (Å²) in [4.78, 5) is 42.2. The minimum Gasteiger partial charge on any atom is -0.466 e. The second-order valence-electron chi connectivity index (χ2n) is 11.4. The molecule has 3 N–H and O–H groups in total. The van der Waals surface area contributed by atoms with Crippen molar-refractivity contribution >= 4 is 39.3 Å². The maximum absolute atomic E-state index is 13.8. The molecule has 4 fully saturated rings. The van der Waals surface area contributed by atoms with Gasteiger partial charge in [-0.2, -0.15) is 0 Å². The second-order valence-corrected chi connectivity index (χ2v) is 11.4. The van der Waals surface area contributed by atoms with Crippen molar-refractivity contribution in [3.63, 3.8) is 0 Å². The van der Waals surface area contributed by atoms with Gasteiger partial charge in [-0.15, -0.1) is 0 Å². The maximum atomic E-state index is 13.8. The lowest BCUT2D eigenvalue weighted by Gasteiger charge is -2.45. The fourth-order valence-corrected chi connectivity index (χ4v) is 6.88. The summed E-state index contributed by atoms with van der Waals surface area (Å²) in [5, 5.41) is 4.83. The van der Waals surface area contributed by atoms with Gasteiger partial charge in [-0.05, 0) is 81.9 Å². The zero-order chi connectivity index (χ0) is 27.2. The summed E-state index contributed by atoms with van der Waals surface area (Å²) >= 11 is 0. The number of rotatable bonds is 6. The van der Waals surface area contributed by atoms with Crippen LogP contribution in [0.4, 0.5) is 11.4 Å². The summed E-state index contributed by atoms with van der Waals surface area (Å²) in [5.74, 6) is 1.05. The lowest BCUT2D eigenvalue weighted by molar-refractivity contribution is -0.148. The average Bonchev–Trinajstić information content (AvgIpc) is 3.41. The zero-order valence-electron chi connectivity index (χ0n) is 22.9. The number of para-hydroxylation sites is 2. The molecule has 0 radical (unpaired) electrons. The Labute approximate surface area is 232 Å². The van der Waals surface area contributed by atoms with Crippen molar-refractivity contribution in [2.45, 2.75) is 38.6 Å². The number of hydrogen-bond acceptors (Lipinski definition) is 7. The molecule has 4 aromatic rings. The van der Waals surface area contributed by atoms with Crippen LogP contribution in [0.1, 0.15) is 32.6 Å². The van der Waals surface area contributed by atoms with E-state index in [2.05, 4.69) is 43.3 Å². The van der Waals surface area contributed by atoms with Gasteiger partial charge < -0.3 is 29.8 Å². The van der Waals surface area contributed by atoms with Gasteiger partial charge >= 0.3 is 5.97 Å². The third kappa shape index (κ3) is 4.52. The number of imidazole rings is 1. The number of ether oxygens (including phenoxy) is 1.